The Bertz CT molecular complexity index is 946. The van der Waals surface area contributed by atoms with Gasteiger partial charge < -0.3 is 26.2 Å². The number of allylic oxidation sites excluding steroid dienone is 5. The van der Waals surface area contributed by atoms with Gasteiger partial charge in [0, 0.05) is 6.54 Å². The summed E-state index contributed by atoms with van der Waals surface area (Å²) in [6.07, 6.45) is 42.3. The molecule has 0 bridgehead atoms. The lowest BCUT2D eigenvalue weighted by Crippen LogP contribution is -2.46. The van der Waals surface area contributed by atoms with Crippen LogP contribution in [0, 0.1) is 0 Å². The van der Waals surface area contributed by atoms with E-state index in [1.807, 2.05) is 6.08 Å². The van der Waals surface area contributed by atoms with E-state index in [2.05, 4.69) is 43.5 Å². The highest BCUT2D eigenvalue weighted by Gasteiger charge is 2.27. The maximum atomic E-state index is 12.8. The van der Waals surface area contributed by atoms with Crippen molar-refractivity contribution in [2.75, 3.05) is 19.8 Å². The molecule has 0 aliphatic carbocycles. The molecule has 4 atom stereocenters. The molecule has 6 N–H and O–H groups in total. The third kappa shape index (κ3) is 37.4. The number of rotatable bonds is 40. The van der Waals surface area contributed by atoms with Crippen LogP contribution in [0.2, 0.25) is 0 Å². The first-order valence-electron chi connectivity index (χ1n) is 21.7. The average molecular weight is 771 g/mol. The van der Waals surface area contributed by atoms with E-state index in [-0.39, 0.29) is 19.6 Å². The lowest BCUT2D eigenvalue weighted by Gasteiger charge is -2.24. The van der Waals surface area contributed by atoms with Gasteiger partial charge in [-0.2, -0.15) is 0 Å². The van der Waals surface area contributed by atoms with Gasteiger partial charge in [0.2, 0.25) is 5.91 Å². The smallest absolute Gasteiger partial charge is 0.393 e. The van der Waals surface area contributed by atoms with Crippen LogP contribution in [0.15, 0.2) is 36.5 Å². The van der Waals surface area contributed by atoms with Gasteiger partial charge in [0.05, 0.1) is 37.9 Å². The molecule has 0 aromatic rings. The summed E-state index contributed by atoms with van der Waals surface area (Å²) in [6.45, 7) is 3.93. The highest BCUT2D eigenvalue weighted by atomic mass is 31.2. The van der Waals surface area contributed by atoms with Gasteiger partial charge in [-0.25, -0.2) is 4.57 Å². The van der Waals surface area contributed by atoms with Crippen LogP contribution < -0.4 is 11.1 Å². The van der Waals surface area contributed by atoms with Crippen LogP contribution in [0.5, 0.6) is 0 Å². The second kappa shape index (κ2) is 38.9. The summed E-state index contributed by atoms with van der Waals surface area (Å²) in [7, 11) is -4.41. The van der Waals surface area contributed by atoms with Crippen molar-refractivity contribution in [3.8, 4) is 0 Å². The molecule has 0 fully saturated rings. The zero-order chi connectivity index (χ0) is 39.1. The predicted molar refractivity (Wildman–Crippen MR) is 223 cm³/mol. The number of unbranched alkanes of at least 4 members (excludes halogenated alkanes) is 22. The van der Waals surface area contributed by atoms with Crippen LogP contribution in [-0.2, 0) is 18.4 Å². The number of nitrogens with two attached hydrogens (primary N) is 1. The lowest BCUT2D eigenvalue weighted by atomic mass is 10.0. The highest BCUT2D eigenvalue weighted by Crippen LogP contribution is 2.43. The van der Waals surface area contributed by atoms with Gasteiger partial charge in [0.25, 0.3) is 0 Å². The largest absolute Gasteiger partial charge is 0.472 e. The van der Waals surface area contributed by atoms with Gasteiger partial charge in [-0.05, 0) is 44.9 Å². The molecule has 0 heterocycles. The van der Waals surface area contributed by atoms with Gasteiger partial charge >= 0.3 is 7.82 Å². The fourth-order valence-corrected chi connectivity index (χ4v) is 6.97. The molecule has 0 saturated heterocycles. The molecule has 53 heavy (non-hydrogen) atoms. The van der Waals surface area contributed by atoms with Gasteiger partial charge in [0.15, 0.2) is 0 Å². The minimum Gasteiger partial charge on any atom is -0.393 e. The van der Waals surface area contributed by atoms with E-state index >= 15 is 0 Å². The van der Waals surface area contributed by atoms with Crippen LogP contribution in [0.1, 0.15) is 194 Å². The van der Waals surface area contributed by atoms with Crippen molar-refractivity contribution in [3.05, 3.63) is 36.5 Å². The Labute approximate surface area is 325 Å². The van der Waals surface area contributed by atoms with Crippen molar-refractivity contribution >= 4 is 13.7 Å². The standard InChI is InChI=1S/C43H83N2O7P/c1-3-5-7-9-11-13-15-17-18-19-20-21-22-23-25-27-29-31-33-35-42(47)41(39-52-53(49,50)51-37-36-44)45-43(48)38-40(46)34-32-30-28-26-24-16-14-12-10-8-6-4-2/h20-21,25,27,33,35,40-42,46-47H,3-19,22-24,26,28-32,34,36-39,44H2,1-2H3,(H,45,48)(H,49,50)/b21-20+,27-25+,35-33+. The Kier molecular flexibility index (Phi) is 38.0. The third-order valence-corrected chi connectivity index (χ3v) is 10.5. The van der Waals surface area contributed by atoms with Gasteiger partial charge in [0.1, 0.15) is 0 Å². The fraction of sp³-hybridized carbons (Fsp3) is 0.837. The minimum atomic E-state index is -4.41. The molecule has 4 unspecified atom stereocenters. The second-order valence-electron chi connectivity index (χ2n) is 14.7. The predicted octanol–water partition coefficient (Wildman–Crippen LogP) is 10.9. The first-order valence-corrected chi connectivity index (χ1v) is 23.2. The van der Waals surface area contributed by atoms with Gasteiger partial charge in [-0.1, -0.05) is 179 Å². The van der Waals surface area contributed by atoms with E-state index in [0.29, 0.717) is 12.8 Å². The average Bonchev–Trinajstić information content (AvgIpc) is 3.13. The van der Waals surface area contributed by atoms with Gasteiger partial charge in [-0.15, -0.1) is 0 Å². The zero-order valence-corrected chi connectivity index (χ0v) is 35.0. The molecule has 0 aliphatic heterocycles. The molecular weight excluding hydrogens is 687 g/mol. The van der Waals surface area contributed by atoms with Crippen LogP contribution in [0.25, 0.3) is 0 Å². The Hall–Kier alpha value is -1.32. The first-order chi connectivity index (χ1) is 25.8. The quantitative estimate of drug-likeness (QED) is 0.0235. The molecule has 0 aromatic heterocycles. The Morgan fingerprint density at radius 3 is 1.57 bits per heavy atom. The molecule has 10 heteroatoms. The summed E-state index contributed by atoms with van der Waals surface area (Å²) in [6, 6.07) is -1.00. The molecular formula is C43H83N2O7P. The zero-order valence-electron chi connectivity index (χ0n) is 34.1. The summed E-state index contributed by atoms with van der Waals surface area (Å²) < 4.78 is 22.0. The summed E-state index contributed by atoms with van der Waals surface area (Å²) in [4.78, 5) is 22.7. The number of phosphoric ester groups is 1. The summed E-state index contributed by atoms with van der Waals surface area (Å²) in [5, 5.41) is 24.0. The molecule has 312 valence electrons. The van der Waals surface area contributed by atoms with Crippen molar-refractivity contribution in [2.45, 2.75) is 212 Å². The number of carbonyl (C=O) groups excluding carboxylic acids is 1. The third-order valence-electron chi connectivity index (χ3n) is 9.50. The molecule has 0 radical (unpaired) electrons. The molecule has 0 aliphatic rings. The maximum Gasteiger partial charge on any atom is 0.472 e. The van der Waals surface area contributed by atoms with E-state index in [0.717, 1.165) is 44.9 Å². The molecule has 0 rings (SSSR count). The normalized spacial score (nSPS) is 15.1. The Balaban J connectivity index is 4.41. The van der Waals surface area contributed by atoms with E-state index in [4.69, 9.17) is 14.8 Å². The number of aliphatic hydroxyl groups excluding tert-OH is 2. The van der Waals surface area contributed by atoms with Crippen LogP contribution in [0.3, 0.4) is 0 Å². The number of hydrogen-bond donors (Lipinski definition) is 5. The minimum absolute atomic E-state index is 0.0427. The van der Waals surface area contributed by atoms with E-state index in [9.17, 15) is 24.5 Å². The molecule has 9 nitrogen and oxygen atoms in total. The number of hydrogen-bond acceptors (Lipinski definition) is 7. The Morgan fingerprint density at radius 2 is 1.08 bits per heavy atom. The molecule has 0 saturated carbocycles. The second-order valence-corrected chi connectivity index (χ2v) is 16.2. The number of nitrogens with one attached hydrogen (secondary N) is 1. The van der Waals surface area contributed by atoms with E-state index in [1.165, 1.54) is 116 Å². The number of amides is 1. The number of aliphatic hydroxyl groups is 2. The van der Waals surface area contributed by atoms with E-state index < -0.39 is 38.6 Å². The first kappa shape index (κ1) is 51.7. The van der Waals surface area contributed by atoms with Crippen LogP contribution >= 0.6 is 7.82 Å². The fourth-order valence-electron chi connectivity index (χ4n) is 6.21. The molecule has 0 spiro atoms. The van der Waals surface area contributed by atoms with Crippen molar-refractivity contribution in [3.63, 3.8) is 0 Å². The molecule has 0 aromatic carbocycles. The summed E-state index contributed by atoms with van der Waals surface area (Å²) >= 11 is 0. The van der Waals surface area contributed by atoms with Crippen molar-refractivity contribution in [2.24, 2.45) is 5.73 Å². The lowest BCUT2D eigenvalue weighted by molar-refractivity contribution is -0.124. The van der Waals surface area contributed by atoms with Crippen LogP contribution in [0.4, 0.5) is 0 Å². The monoisotopic (exact) mass is 771 g/mol. The summed E-state index contributed by atoms with van der Waals surface area (Å²) in [5.74, 6) is -0.460. The Morgan fingerprint density at radius 1 is 0.642 bits per heavy atom. The van der Waals surface area contributed by atoms with Crippen molar-refractivity contribution < 1.29 is 33.5 Å². The van der Waals surface area contributed by atoms with Crippen molar-refractivity contribution in [1.82, 2.24) is 5.32 Å². The number of carbonyl (C=O) groups is 1. The SMILES string of the molecule is CCCCCCCCCCC/C=C/CC/C=C/CC/C=C/C(O)C(COP(=O)(O)OCCN)NC(=O)CC(O)CCCCCCCCCCCCCC. The summed E-state index contributed by atoms with van der Waals surface area (Å²) in [5.41, 5.74) is 5.36. The molecule has 1 amide bonds. The van der Waals surface area contributed by atoms with E-state index in [1.54, 1.807) is 6.08 Å². The van der Waals surface area contributed by atoms with Gasteiger partial charge in [-0.3, -0.25) is 13.8 Å². The highest BCUT2D eigenvalue weighted by molar-refractivity contribution is 7.47. The maximum absolute atomic E-state index is 12.8. The number of phosphoric acid groups is 1. The van der Waals surface area contributed by atoms with Crippen molar-refractivity contribution in [1.29, 1.82) is 0 Å². The topological polar surface area (TPSA) is 151 Å². The van der Waals surface area contributed by atoms with Crippen LogP contribution in [-0.4, -0.2) is 59.0 Å².